The molecule has 0 fully saturated rings. The van der Waals surface area contributed by atoms with E-state index >= 15 is 0 Å². The summed E-state index contributed by atoms with van der Waals surface area (Å²) in [7, 11) is 1.99. The Morgan fingerprint density at radius 3 is 2.53 bits per heavy atom. The standard InChI is InChI=1S/C13H19N3S/c1-9-5-13(17-11(9)3)8-14-7-12-6-10(2)15-16(12)4/h5-6,14H,7-8H2,1-4H3. The Hall–Kier alpha value is -1.13. The van der Waals surface area contributed by atoms with Crippen LogP contribution in [-0.4, -0.2) is 9.78 Å². The van der Waals surface area contributed by atoms with E-state index in [2.05, 4.69) is 36.4 Å². The number of aryl methyl sites for hydroxylation is 4. The van der Waals surface area contributed by atoms with E-state index in [0.29, 0.717) is 0 Å². The minimum atomic E-state index is 0.868. The average Bonchev–Trinajstić information content (AvgIpc) is 2.72. The summed E-state index contributed by atoms with van der Waals surface area (Å²) in [6.45, 7) is 8.17. The second kappa shape index (κ2) is 5.02. The largest absolute Gasteiger partial charge is 0.306 e. The van der Waals surface area contributed by atoms with Crippen LogP contribution in [0.15, 0.2) is 12.1 Å². The number of hydrogen-bond donors (Lipinski definition) is 1. The molecule has 2 aromatic rings. The fourth-order valence-corrected chi connectivity index (χ4v) is 2.90. The highest BCUT2D eigenvalue weighted by molar-refractivity contribution is 7.12. The summed E-state index contributed by atoms with van der Waals surface area (Å²) < 4.78 is 1.94. The molecule has 4 heteroatoms. The van der Waals surface area contributed by atoms with Gasteiger partial charge < -0.3 is 5.32 Å². The molecule has 0 aromatic carbocycles. The predicted molar refractivity (Wildman–Crippen MR) is 72.3 cm³/mol. The van der Waals surface area contributed by atoms with Crippen LogP contribution >= 0.6 is 11.3 Å². The highest BCUT2D eigenvalue weighted by atomic mass is 32.1. The molecule has 92 valence electrons. The normalized spacial score (nSPS) is 11.1. The molecular formula is C13H19N3S. The van der Waals surface area contributed by atoms with Gasteiger partial charge in [0.2, 0.25) is 0 Å². The Bertz CT molecular complexity index is 491. The molecule has 0 saturated heterocycles. The predicted octanol–water partition coefficient (Wildman–Crippen LogP) is 2.70. The summed E-state index contributed by atoms with van der Waals surface area (Å²) in [5.41, 5.74) is 3.70. The fourth-order valence-electron chi connectivity index (χ4n) is 1.88. The summed E-state index contributed by atoms with van der Waals surface area (Å²) in [6.07, 6.45) is 0. The lowest BCUT2D eigenvalue weighted by molar-refractivity contribution is 0.628. The minimum Gasteiger partial charge on any atom is -0.306 e. The van der Waals surface area contributed by atoms with Crippen LogP contribution in [0.1, 0.15) is 26.7 Å². The summed E-state index contributed by atoms with van der Waals surface area (Å²) >= 11 is 1.87. The fraction of sp³-hybridized carbons (Fsp3) is 0.462. The Balaban J connectivity index is 1.89. The van der Waals surface area contributed by atoms with E-state index in [0.717, 1.165) is 18.8 Å². The van der Waals surface area contributed by atoms with E-state index in [-0.39, 0.29) is 0 Å². The number of nitrogens with one attached hydrogen (secondary N) is 1. The summed E-state index contributed by atoms with van der Waals surface area (Å²) in [6, 6.07) is 4.39. The van der Waals surface area contributed by atoms with Gasteiger partial charge in [0.05, 0.1) is 11.4 Å². The highest BCUT2D eigenvalue weighted by Crippen LogP contribution is 2.20. The van der Waals surface area contributed by atoms with Gasteiger partial charge in [-0.25, -0.2) is 0 Å². The number of thiophene rings is 1. The number of aromatic nitrogens is 2. The van der Waals surface area contributed by atoms with Gasteiger partial charge in [-0.2, -0.15) is 5.10 Å². The van der Waals surface area contributed by atoms with Crippen molar-refractivity contribution >= 4 is 11.3 Å². The molecule has 0 aliphatic carbocycles. The third kappa shape index (κ3) is 2.96. The van der Waals surface area contributed by atoms with Crippen molar-refractivity contribution in [2.45, 2.75) is 33.9 Å². The van der Waals surface area contributed by atoms with Gasteiger partial charge >= 0.3 is 0 Å². The first kappa shape index (κ1) is 12.3. The Morgan fingerprint density at radius 2 is 2.00 bits per heavy atom. The van der Waals surface area contributed by atoms with Crippen molar-refractivity contribution in [2.75, 3.05) is 0 Å². The minimum absolute atomic E-state index is 0.868. The molecular weight excluding hydrogens is 230 g/mol. The molecule has 1 N–H and O–H groups in total. The van der Waals surface area contributed by atoms with Gasteiger partial charge in [-0.3, -0.25) is 4.68 Å². The van der Waals surface area contributed by atoms with Crippen LogP contribution in [0.4, 0.5) is 0 Å². The van der Waals surface area contributed by atoms with Gasteiger partial charge in [0.1, 0.15) is 0 Å². The third-order valence-corrected chi connectivity index (χ3v) is 4.07. The van der Waals surface area contributed by atoms with Crippen molar-refractivity contribution in [3.8, 4) is 0 Å². The van der Waals surface area contributed by atoms with E-state index in [1.807, 2.05) is 30.0 Å². The number of hydrogen-bond acceptors (Lipinski definition) is 3. The third-order valence-electron chi connectivity index (χ3n) is 2.92. The molecule has 0 atom stereocenters. The maximum absolute atomic E-state index is 4.33. The molecule has 3 nitrogen and oxygen atoms in total. The van der Waals surface area contributed by atoms with Crippen LogP contribution in [0, 0.1) is 20.8 Å². The first-order chi connectivity index (χ1) is 8.06. The van der Waals surface area contributed by atoms with Crippen molar-refractivity contribution in [3.05, 3.63) is 38.8 Å². The molecule has 17 heavy (non-hydrogen) atoms. The van der Waals surface area contributed by atoms with Gasteiger partial charge in [-0.15, -0.1) is 11.3 Å². The van der Waals surface area contributed by atoms with E-state index in [9.17, 15) is 0 Å². The number of rotatable bonds is 4. The summed E-state index contributed by atoms with van der Waals surface area (Å²) in [4.78, 5) is 2.82. The molecule has 0 saturated carbocycles. The first-order valence-electron chi connectivity index (χ1n) is 5.82. The van der Waals surface area contributed by atoms with E-state index < -0.39 is 0 Å². The summed E-state index contributed by atoms with van der Waals surface area (Å²) in [5, 5.41) is 7.80. The average molecular weight is 249 g/mol. The summed E-state index contributed by atoms with van der Waals surface area (Å²) in [5.74, 6) is 0. The molecule has 0 bridgehead atoms. The zero-order valence-electron chi connectivity index (χ0n) is 10.9. The maximum atomic E-state index is 4.33. The highest BCUT2D eigenvalue weighted by Gasteiger charge is 2.03. The quantitative estimate of drug-likeness (QED) is 0.903. The lowest BCUT2D eigenvalue weighted by Crippen LogP contribution is -2.14. The molecule has 2 heterocycles. The van der Waals surface area contributed by atoms with Gasteiger partial charge in [0, 0.05) is 29.9 Å². The Morgan fingerprint density at radius 1 is 1.24 bits per heavy atom. The molecule has 0 spiro atoms. The zero-order chi connectivity index (χ0) is 12.4. The molecule has 2 rings (SSSR count). The molecule has 0 aliphatic heterocycles. The zero-order valence-corrected chi connectivity index (χ0v) is 11.7. The van der Waals surface area contributed by atoms with Crippen molar-refractivity contribution in [1.82, 2.24) is 15.1 Å². The molecule has 0 unspecified atom stereocenters. The van der Waals surface area contributed by atoms with Crippen LogP contribution in [0.2, 0.25) is 0 Å². The lowest BCUT2D eigenvalue weighted by Gasteiger charge is -2.03. The van der Waals surface area contributed by atoms with E-state index in [1.165, 1.54) is 21.0 Å². The molecule has 2 aromatic heterocycles. The smallest absolute Gasteiger partial charge is 0.0597 e. The van der Waals surface area contributed by atoms with Crippen molar-refractivity contribution < 1.29 is 0 Å². The molecule has 0 amide bonds. The van der Waals surface area contributed by atoms with Gasteiger partial charge in [0.25, 0.3) is 0 Å². The van der Waals surface area contributed by atoms with Crippen molar-refractivity contribution in [3.63, 3.8) is 0 Å². The van der Waals surface area contributed by atoms with E-state index in [4.69, 9.17) is 0 Å². The monoisotopic (exact) mass is 249 g/mol. The van der Waals surface area contributed by atoms with Crippen molar-refractivity contribution in [2.24, 2.45) is 7.05 Å². The van der Waals surface area contributed by atoms with Gasteiger partial charge in [-0.05, 0) is 38.5 Å². The SMILES string of the molecule is Cc1cc(CNCc2cc(C)c(C)s2)n(C)n1. The maximum Gasteiger partial charge on any atom is 0.0597 e. The number of nitrogens with zero attached hydrogens (tertiary/aromatic N) is 2. The Kier molecular flexibility index (Phi) is 3.64. The first-order valence-corrected chi connectivity index (χ1v) is 6.64. The Labute approximate surface area is 106 Å². The molecule has 0 radical (unpaired) electrons. The second-order valence-corrected chi connectivity index (χ2v) is 5.80. The second-order valence-electron chi connectivity index (χ2n) is 4.46. The topological polar surface area (TPSA) is 29.9 Å². The van der Waals surface area contributed by atoms with E-state index in [1.54, 1.807) is 0 Å². The van der Waals surface area contributed by atoms with Crippen LogP contribution in [0.25, 0.3) is 0 Å². The lowest BCUT2D eigenvalue weighted by atomic mass is 10.3. The molecule has 0 aliphatic rings. The van der Waals surface area contributed by atoms with Crippen LogP contribution in [0.5, 0.6) is 0 Å². The van der Waals surface area contributed by atoms with Crippen LogP contribution < -0.4 is 5.32 Å². The van der Waals surface area contributed by atoms with Crippen LogP contribution in [0.3, 0.4) is 0 Å². The van der Waals surface area contributed by atoms with Crippen LogP contribution in [-0.2, 0) is 20.1 Å². The van der Waals surface area contributed by atoms with Gasteiger partial charge in [-0.1, -0.05) is 0 Å². The van der Waals surface area contributed by atoms with Crippen molar-refractivity contribution in [1.29, 1.82) is 0 Å². The van der Waals surface area contributed by atoms with Gasteiger partial charge in [0.15, 0.2) is 0 Å².